The van der Waals surface area contributed by atoms with Gasteiger partial charge >= 0.3 is 0 Å². The molecule has 0 aliphatic carbocycles. The number of alkyl halides is 1. The van der Waals surface area contributed by atoms with Gasteiger partial charge < -0.3 is 20.7 Å². The summed E-state index contributed by atoms with van der Waals surface area (Å²) in [5, 5.41) is 8.58. The fraction of sp³-hybridized carbons (Fsp3) is 0.435. The molecule has 182 valence electrons. The van der Waals surface area contributed by atoms with Crippen LogP contribution in [-0.2, 0) is 4.74 Å². The molecule has 0 radical (unpaired) electrons. The van der Waals surface area contributed by atoms with E-state index in [9.17, 15) is 18.0 Å². The number of ether oxygens (including phenoxy) is 1. The molecular weight excluding hydrogens is 449 g/mol. The van der Waals surface area contributed by atoms with Gasteiger partial charge in [-0.05, 0) is 38.9 Å². The van der Waals surface area contributed by atoms with E-state index in [1.54, 1.807) is 29.8 Å². The van der Waals surface area contributed by atoms with Gasteiger partial charge in [-0.15, -0.1) is 0 Å². The summed E-state index contributed by atoms with van der Waals surface area (Å²) in [5.74, 6) is -2.34. The maximum atomic E-state index is 14.7. The average molecular weight is 477 g/mol. The summed E-state index contributed by atoms with van der Waals surface area (Å²) in [4.78, 5) is 20.9. The van der Waals surface area contributed by atoms with E-state index in [-0.39, 0.29) is 23.1 Å². The molecule has 34 heavy (non-hydrogen) atoms. The van der Waals surface area contributed by atoms with Crippen molar-refractivity contribution in [2.24, 2.45) is 0 Å². The Hall–Kier alpha value is -3.18. The van der Waals surface area contributed by atoms with E-state index >= 15 is 0 Å². The normalized spacial score (nSPS) is 18.8. The molecule has 3 aromatic heterocycles. The van der Waals surface area contributed by atoms with Gasteiger partial charge in [0.15, 0.2) is 17.5 Å². The molecule has 0 bridgehead atoms. The Kier molecular flexibility index (Phi) is 6.76. The fourth-order valence-electron chi connectivity index (χ4n) is 3.66. The van der Waals surface area contributed by atoms with Crippen molar-refractivity contribution >= 4 is 17.4 Å². The van der Waals surface area contributed by atoms with Crippen LogP contribution in [0.1, 0.15) is 30.6 Å². The van der Waals surface area contributed by atoms with E-state index in [0.29, 0.717) is 43.3 Å². The quantitative estimate of drug-likeness (QED) is 0.486. The lowest BCUT2D eigenvalue weighted by atomic mass is 10.1. The van der Waals surface area contributed by atoms with Crippen molar-refractivity contribution < 1.29 is 22.7 Å². The number of pyridine rings is 2. The number of nitrogens with zero attached hydrogens (tertiary/aromatic N) is 3. The highest BCUT2D eigenvalue weighted by molar-refractivity contribution is 5.95. The van der Waals surface area contributed by atoms with E-state index in [1.807, 2.05) is 13.8 Å². The fourth-order valence-corrected chi connectivity index (χ4v) is 3.66. The molecule has 1 aliphatic rings. The van der Waals surface area contributed by atoms with Crippen LogP contribution in [-0.4, -0.2) is 64.8 Å². The highest BCUT2D eigenvalue weighted by Gasteiger charge is 2.27. The molecule has 11 heteroatoms. The molecule has 0 aromatic carbocycles. The van der Waals surface area contributed by atoms with Gasteiger partial charge in [0, 0.05) is 38.0 Å². The number of halogens is 3. The van der Waals surface area contributed by atoms with Crippen molar-refractivity contribution in [2.75, 3.05) is 32.1 Å². The van der Waals surface area contributed by atoms with Crippen LogP contribution < -0.4 is 16.0 Å². The molecule has 1 saturated heterocycles. The molecule has 8 nitrogen and oxygen atoms in total. The number of rotatable bonds is 7. The van der Waals surface area contributed by atoms with Crippen LogP contribution in [0.25, 0.3) is 17.0 Å². The lowest BCUT2D eigenvalue weighted by Crippen LogP contribution is -2.46. The van der Waals surface area contributed by atoms with E-state index in [4.69, 9.17) is 4.74 Å². The number of aromatic nitrogens is 3. The van der Waals surface area contributed by atoms with Crippen LogP contribution in [0, 0.1) is 11.6 Å². The molecule has 2 atom stereocenters. The van der Waals surface area contributed by atoms with Gasteiger partial charge in [-0.25, -0.2) is 23.1 Å². The minimum atomic E-state index is -1.18. The molecule has 1 aliphatic heterocycles. The molecule has 0 saturated carbocycles. The Morgan fingerprint density at radius 1 is 1.32 bits per heavy atom. The van der Waals surface area contributed by atoms with Crippen molar-refractivity contribution in [1.29, 1.82) is 0 Å². The molecule has 3 aromatic rings. The van der Waals surface area contributed by atoms with Gasteiger partial charge in [-0.1, -0.05) is 0 Å². The van der Waals surface area contributed by atoms with Gasteiger partial charge in [0.05, 0.1) is 23.5 Å². The van der Waals surface area contributed by atoms with Crippen molar-refractivity contribution in [3.8, 4) is 11.4 Å². The first-order valence-corrected chi connectivity index (χ1v) is 11.0. The lowest BCUT2D eigenvalue weighted by molar-refractivity contribution is 0.0229. The van der Waals surface area contributed by atoms with Gasteiger partial charge in [-0.3, -0.25) is 9.20 Å². The number of nitrogens with one attached hydrogen (secondary N) is 3. The number of carbonyl (C=O) groups excluding carboxylic acids is 1. The highest BCUT2D eigenvalue weighted by atomic mass is 19.1. The highest BCUT2D eigenvalue weighted by Crippen LogP contribution is 2.27. The summed E-state index contributed by atoms with van der Waals surface area (Å²) in [6.07, 6.45) is 2.07. The molecule has 0 spiro atoms. The zero-order valence-corrected chi connectivity index (χ0v) is 19.2. The third-order valence-corrected chi connectivity index (χ3v) is 5.89. The minimum Gasteiger partial charge on any atom is -0.377 e. The Balaban J connectivity index is 1.60. The maximum absolute atomic E-state index is 14.7. The first-order valence-electron chi connectivity index (χ1n) is 11.0. The van der Waals surface area contributed by atoms with Crippen LogP contribution in [0.2, 0.25) is 0 Å². The topological polar surface area (TPSA) is 92.6 Å². The SMILES string of the molecule is COC(C)(C)CNC(=O)c1ccn2c(-c3nc(N[C@H]4CNCC[C@@H]4F)c(F)cc3F)cnc2c1. The third-order valence-electron chi connectivity index (χ3n) is 5.89. The molecule has 0 unspecified atom stereocenters. The number of methoxy groups -OCH3 is 1. The van der Waals surface area contributed by atoms with Crippen LogP contribution in [0.3, 0.4) is 0 Å². The third kappa shape index (κ3) is 5.00. The van der Waals surface area contributed by atoms with E-state index in [0.717, 1.165) is 0 Å². The van der Waals surface area contributed by atoms with E-state index in [2.05, 4.69) is 25.9 Å². The molecule has 4 rings (SSSR count). The first kappa shape index (κ1) is 24.0. The van der Waals surface area contributed by atoms with Crippen molar-refractivity contribution in [1.82, 2.24) is 25.0 Å². The van der Waals surface area contributed by atoms with E-state index < -0.39 is 29.4 Å². The van der Waals surface area contributed by atoms with Crippen molar-refractivity contribution in [2.45, 2.75) is 38.1 Å². The second-order valence-corrected chi connectivity index (χ2v) is 8.84. The number of hydrogen-bond donors (Lipinski definition) is 3. The Morgan fingerprint density at radius 3 is 2.85 bits per heavy atom. The number of anilines is 1. The second kappa shape index (κ2) is 9.59. The maximum Gasteiger partial charge on any atom is 0.251 e. The Morgan fingerprint density at radius 2 is 2.12 bits per heavy atom. The Labute approximate surface area is 194 Å². The predicted molar refractivity (Wildman–Crippen MR) is 122 cm³/mol. The molecular formula is C23H27F3N6O2. The standard InChI is InChI=1S/C23H27F3N6O2/c1-23(2,34-3)12-29-22(33)13-5-7-32-18(11-28-19(32)8-13)20-15(25)9-16(26)21(31-20)30-17-10-27-6-4-14(17)24/h5,7-9,11,14,17,27H,4,6,10,12H2,1-3H3,(H,29,33)(H,30,31)/t14-,17-/m0/s1. The summed E-state index contributed by atoms with van der Waals surface area (Å²) in [6.45, 7) is 4.85. The lowest BCUT2D eigenvalue weighted by Gasteiger charge is -2.28. The largest absolute Gasteiger partial charge is 0.377 e. The zero-order chi connectivity index (χ0) is 24.5. The monoisotopic (exact) mass is 476 g/mol. The van der Waals surface area contributed by atoms with Gasteiger partial charge in [-0.2, -0.15) is 0 Å². The molecule has 1 fully saturated rings. The summed E-state index contributed by atoms with van der Waals surface area (Å²) in [6, 6.07) is 3.16. The average Bonchev–Trinajstić information content (AvgIpc) is 3.23. The van der Waals surface area contributed by atoms with Gasteiger partial charge in [0.1, 0.15) is 17.5 Å². The van der Waals surface area contributed by atoms with E-state index in [1.165, 1.54) is 6.20 Å². The van der Waals surface area contributed by atoms with Crippen LogP contribution in [0.4, 0.5) is 19.0 Å². The number of carbonyl (C=O) groups is 1. The van der Waals surface area contributed by atoms with Crippen LogP contribution in [0.15, 0.2) is 30.6 Å². The molecule has 3 N–H and O–H groups in total. The second-order valence-electron chi connectivity index (χ2n) is 8.84. The number of hydrogen-bond acceptors (Lipinski definition) is 6. The molecule has 1 amide bonds. The number of amides is 1. The zero-order valence-electron chi connectivity index (χ0n) is 19.2. The summed E-state index contributed by atoms with van der Waals surface area (Å²) < 4.78 is 50.1. The Bertz CT molecular complexity index is 1200. The van der Waals surface area contributed by atoms with Gasteiger partial charge in [0.25, 0.3) is 5.91 Å². The van der Waals surface area contributed by atoms with Crippen molar-refractivity contribution in [3.63, 3.8) is 0 Å². The van der Waals surface area contributed by atoms with Crippen LogP contribution in [0.5, 0.6) is 0 Å². The number of piperidine rings is 1. The summed E-state index contributed by atoms with van der Waals surface area (Å²) in [5.41, 5.74) is 0.351. The minimum absolute atomic E-state index is 0.144. The number of fused-ring (bicyclic) bond motifs is 1. The van der Waals surface area contributed by atoms with Crippen LogP contribution >= 0.6 is 0 Å². The predicted octanol–water partition coefficient (Wildman–Crippen LogP) is 2.94. The summed E-state index contributed by atoms with van der Waals surface area (Å²) >= 11 is 0. The van der Waals surface area contributed by atoms with Gasteiger partial charge in [0.2, 0.25) is 0 Å². The number of imidazole rings is 1. The molecule has 4 heterocycles. The summed E-state index contributed by atoms with van der Waals surface area (Å²) in [7, 11) is 1.57. The first-order chi connectivity index (χ1) is 16.2. The van der Waals surface area contributed by atoms with Crippen molar-refractivity contribution in [3.05, 3.63) is 47.8 Å². The smallest absolute Gasteiger partial charge is 0.251 e.